The van der Waals surface area contributed by atoms with Crippen LogP contribution in [0.15, 0.2) is 30.3 Å². The molecule has 2 saturated carbocycles. The normalized spacial score (nSPS) is 24.6. The molecule has 2 aliphatic rings. The highest BCUT2D eigenvalue weighted by atomic mass is 16.2. The summed E-state index contributed by atoms with van der Waals surface area (Å²) in [6.45, 7) is 0.535. The number of hydrogen-bond donors (Lipinski definition) is 2. The second kappa shape index (κ2) is 6.29. The summed E-state index contributed by atoms with van der Waals surface area (Å²) in [5, 5.41) is 6.00. The largest absolute Gasteiger partial charge is 0.353 e. The van der Waals surface area contributed by atoms with Gasteiger partial charge in [-0.2, -0.15) is 0 Å². The molecule has 2 N–H and O–H groups in total. The highest BCUT2D eigenvalue weighted by molar-refractivity contribution is 5.92. The Morgan fingerprint density at radius 3 is 2.38 bits per heavy atom. The Kier molecular flexibility index (Phi) is 4.23. The molecule has 0 radical (unpaired) electrons. The van der Waals surface area contributed by atoms with Gasteiger partial charge < -0.3 is 10.6 Å². The van der Waals surface area contributed by atoms with Crippen LogP contribution in [-0.4, -0.2) is 17.9 Å². The Hall–Kier alpha value is -1.84. The summed E-state index contributed by atoms with van der Waals surface area (Å²) in [6, 6.07) is 10.2. The van der Waals surface area contributed by atoms with Crippen LogP contribution in [0.2, 0.25) is 0 Å². The average Bonchev–Trinajstić information content (AvgIpc) is 3.16. The Labute approximate surface area is 125 Å². The number of amides is 2. The molecule has 2 amide bonds. The van der Waals surface area contributed by atoms with E-state index in [2.05, 4.69) is 10.6 Å². The van der Waals surface area contributed by atoms with Gasteiger partial charge in [0.15, 0.2) is 0 Å². The third-order valence-electron chi connectivity index (χ3n) is 4.48. The fraction of sp³-hybridized carbons (Fsp3) is 0.529. The molecule has 3 rings (SSSR count). The van der Waals surface area contributed by atoms with Crippen molar-refractivity contribution >= 4 is 11.8 Å². The number of carbonyl (C=O) groups excluding carboxylic acids is 2. The number of benzene rings is 1. The predicted octanol–water partition coefficient (Wildman–Crippen LogP) is 2.00. The van der Waals surface area contributed by atoms with Crippen molar-refractivity contribution in [3.8, 4) is 0 Å². The monoisotopic (exact) mass is 286 g/mol. The van der Waals surface area contributed by atoms with E-state index in [1.165, 1.54) is 12.8 Å². The molecule has 4 nitrogen and oxygen atoms in total. The second-order valence-electron chi connectivity index (χ2n) is 6.14. The van der Waals surface area contributed by atoms with Crippen LogP contribution in [0, 0.1) is 11.8 Å². The zero-order chi connectivity index (χ0) is 14.7. The molecule has 2 fully saturated rings. The van der Waals surface area contributed by atoms with Gasteiger partial charge in [-0.1, -0.05) is 43.2 Å². The highest BCUT2D eigenvalue weighted by Gasteiger charge is 2.48. The van der Waals surface area contributed by atoms with Gasteiger partial charge in [-0.15, -0.1) is 0 Å². The van der Waals surface area contributed by atoms with Crippen LogP contribution in [0.5, 0.6) is 0 Å². The molecule has 2 aliphatic carbocycles. The van der Waals surface area contributed by atoms with Gasteiger partial charge >= 0.3 is 0 Å². The lowest BCUT2D eigenvalue weighted by Gasteiger charge is -2.11. The molecule has 2 atom stereocenters. The van der Waals surface area contributed by atoms with E-state index in [9.17, 15) is 9.59 Å². The number of hydrogen-bond acceptors (Lipinski definition) is 2. The van der Waals surface area contributed by atoms with E-state index in [1.807, 2.05) is 30.3 Å². The zero-order valence-corrected chi connectivity index (χ0v) is 12.2. The van der Waals surface area contributed by atoms with E-state index < -0.39 is 0 Å². The number of carbonyl (C=O) groups is 2. The smallest absolute Gasteiger partial charge is 0.224 e. The van der Waals surface area contributed by atoms with Crippen molar-refractivity contribution < 1.29 is 9.59 Å². The Morgan fingerprint density at radius 1 is 1.00 bits per heavy atom. The Balaban J connectivity index is 1.41. The molecule has 0 heterocycles. The van der Waals surface area contributed by atoms with Crippen molar-refractivity contribution in [2.75, 3.05) is 0 Å². The lowest BCUT2D eigenvalue weighted by molar-refractivity contribution is -0.127. The van der Waals surface area contributed by atoms with E-state index in [-0.39, 0.29) is 23.7 Å². The molecule has 0 spiro atoms. The van der Waals surface area contributed by atoms with E-state index in [0.717, 1.165) is 18.4 Å². The van der Waals surface area contributed by atoms with Crippen molar-refractivity contribution in [3.05, 3.63) is 35.9 Å². The summed E-state index contributed by atoms with van der Waals surface area (Å²) >= 11 is 0. The highest BCUT2D eigenvalue weighted by Crippen LogP contribution is 2.39. The van der Waals surface area contributed by atoms with E-state index in [1.54, 1.807) is 0 Å². The van der Waals surface area contributed by atoms with Gasteiger partial charge in [0, 0.05) is 12.6 Å². The second-order valence-corrected chi connectivity index (χ2v) is 6.14. The molecule has 1 aromatic rings. The minimum atomic E-state index is -0.130. The summed E-state index contributed by atoms with van der Waals surface area (Å²) in [6.07, 6.45) is 5.28. The Morgan fingerprint density at radius 2 is 1.67 bits per heavy atom. The van der Waals surface area contributed by atoms with Crippen molar-refractivity contribution in [1.29, 1.82) is 0 Å². The molecular weight excluding hydrogens is 264 g/mol. The minimum absolute atomic E-state index is 0.00502. The molecule has 0 aliphatic heterocycles. The molecule has 0 bridgehead atoms. The van der Waals surface area contributed by atoms with Gasteiger partial charge in [0.1, 0.15) is 0 Å². The van der Waals surface area contributed by atoms with Gasteiger partial charge in [-0.3, -0.25) is 9.59 Å². The van der Waals surface area contributed by atoms with Crippen LogP contribution < -0.4 is 10.6 Å². The lowest BCUT2D eigenvalue weighted by Crippen LogP contribution is -2.35. The number of nitrogens with one attached hydrogen (secondary N) is 2. The van der Waals surface area contributed by atoms with Crippen LogP contribution in [0.3, 0.4) is 0 Å². The molecular formula is C17H22N2O2. The van der Waals surface area contributed by atoms with E-state index in [4.69, 9.17) is 0 Å². The lowest BCUT2D eigenvalue weighted by atomic mass is 10.2. The third-order valence-corrected chi connectivity index (χ3v) is 4.48. The van der Waals surface area contributed by atoms with E-state index in [0.29, 0.717) is 19.0 Å². The summed E-state index contributed by atoms with van der Waals surface area (Å²) in [7, 11) is 0. The molecule has 112 valence electrons. The molecule has 2 unspecified atom stereocenters. The maximum atomic E-state index is 12.1. The first-order chi connectivity index (χ1) is 10.2. The summed E-state index contributed by atoms with van der Waals surface area (Å²) in [5.74, 6) is -0.163. The maximum absolute atomic E-state index is 12.1. The quantitative estimate of drug-likeness (QED) is 0.870. The van der Waals surface area contributed by atoms with Crippen molar-refractivity contribution in [2.45, 2.75) is 44.7 Å². The van der Waals surface area contributed by atoms with Crippen LogP contribution in [0.4, 0.5) is 0 Å². The van der Waals surface area contributed by atoms with Gasteiger partial charge in [-0.25, -0.2) is 0 Å². The van der Waals surface area contributed by atoms with Crippen molar-refractivity contribution in [2.24, 2.45) is 11.8 Å². The first-order valence-electron chi connectivity index (χ1n) is 7.86. The molecule has 21 heavy (non-hydrogen) atoms. The SMILES string of the molecule is O=C(NCc1ccccc1)C1CC1C(=O)NC1CCCC1. The molecule has 4 heteroatoms. The summed E-state index contributed by atoms with van der Waals surface area (Å²) in [5.41, 5.74) is 1.08. The fourth-order valence-electron chi connectivity index (χ4n) is 3.07. The minimum Gasteiger partial charge on any atom is -0.353 e. The molecule has 0 aromatic heterocycles. The Bertz CT molecular complexity index is 509. The van der Waals surface area contributed by atoms with Gasteiger partial charge in [0.2, 0.25) is 11.8 Å². The molecule has 0 saturated heterocycles. The summed E-state index contributed by atoms with van der Waals surface area (Å²) in [4.78, 5) is 24.1. The van der Waals surface area contributed by atoms with Crippen LogP contribution in [0.1, 0.15) is 37.7 Å². The van der Waals surface area contributed by atoms with Crippen LogP contribution >= 0.6 is 0 Å². The third kappa shape index (κ3) is 3.63. The van der Waals surface area contributed by atoms with Gasteiger partial charge in [-0.05, 0) is 24.8 Å². The van der Waals surface area contributed by atoms with Crippen LogP contribution in [-0.2, 0) is 16.1 Å². The van der Waals surface area contributed by atoms with Crippen LogP contribution in [0.25, 0.3) is 0 Å². The summed E-state index contributed by atoms with van der Waals surface area (Å²) < 4.78 is 0. The van der Waals surface area contributed by atoms with E-state index >= 15 is 0 Å². The van der Waals surface area contributed by atoms with Crippen molar-refractivity contribution in [1.82, 2.24) is 10.6 Å². The first kappa shape index (κ1) is 14.1. The molecule has 1 aromatic carbocycles. The fourth-order valence-corrected chi connectivity index (χ4v) is 3.07. The predicted molar refractivity (Wildman–Crippen MR) is 80.3 cm³/mol. The maximum Gasteiger partial charge on any atom is 0.224 e. The van der Waals surface area contributed by atoms with Crippen molar-refractivity contribution in [3.63, 3.8) is 0 Å². The average molecular weight is 286 g/mol. The van der Waals surface area contributed by atoms with Gasteiger partial charge in [0.25, 0.3) is 0 Å². The number of rotatable bonds is 5. The first-order valence-corrected chi connectivity index (χ1v) is 7.86. The topological polar surface area (TPSA) is 58.2 Å². The zero-order valence-electron chi connectivity index (χ0n) is 12.2. The standard InChI is InChI=1S/C17H22N2O2/c20-16(18-11-12-6-2-1-3-7-12)14-10-15(14)17(21)19-13-8-4-5-9-13/h1-3,6-7,13-15H,4-5,8-11H2,(H,18,20)(H,19,21). The van der Waals surface area contributed by atoms with Gasteiger partial charge in [0.05, 0.1) is 11.8 Å².